The van der Waals surface area contributed by atoms with Gasteiger partial charge in [-0.1, -0.05) is 54.6 Å². The van der Waals surface area contributed by atoms with Gasteiger partial charge in [0.2, 0.25) is 0 Å². The van der Waals surface area contributed by atoms with Crippen molar-refractivity contribution >= 4 is 23.7 Å². The third kappa shape index (κ3) is 5.88. The van der Waals surface area contributed by atoms with E-state index in [9.17, 15) is 22.8 Å². The fourth-order valence-corrected chi connectivity index (χ4v) is 4.09. The molecule has 184 valence electrons. The Morgan fingerprint density at radius 2 is 1.57 bits per heavy atom. The molecule has 1 aliphatic heterocycles. The zero-order valence-corrected chi connectivity index (χ0v) is 19.6. The average molecular weight is 486 g/mol. The van der Waals surface area contributed by atoms with Gasteiger partial charge < -0.3 is 9.47 Å². The number of carbonyl (C=O) groups excluding carboxylic acids is 2. The molecule has 0 saturated carbocycles. The third-order valence-electron chi connectivity index (χ3n) is 5.54. The highest BCUT2D eigenvalue weighted by Gasteiger charge is 2.46. The number of halogens is 3. The molecule has 0 bridgehead atoms. The van der Waals surface area contributed by atoms with E-state index >= 15 is 0 Å². The lowest BCUT2D eigenvalue weighted by molar-refractivity contribution is -0.147. The number of aliphatic imine (C=N–C) groups is 1. The van der Waals surface area contributed by atoms with E-state index in [-0.39, 0.29) is 35.8 Å². The normalized spacial score (nSPS) is 18.4. The van der Waals surface area contributed by atoms with Gasteiger partial charge in [0, 0.05) is 11.6 Å². The minimum absolute atomic E-state index is 0.00157. The van der Waals surface area contributed by atoms with Crippen LogP contribution in [0.4, 0.5) is 13.2 Å². The predicted molar refractivity (Wildman–Crippen MR) is 127 cm³/mol. The summed E-state index contributed by atoms with van der Waals surface area (Å²) in [7, 11) is 0. The molecule has 0 spiro atoms. The lowest BCUT2D eigenvalue weighted by Crippen LogP contribution is -2.37. The van der Waals surface area contributed by atoms with Gasteiger partial charge >= 0.3 is 18.1 Å². The molecule has 5 nitrogen and oxygen atoms in total. The van der Waals surface area contributed by atoms with E-state index in [0.29, 0.717) is 0 Å². The van der Waals surface area contributed by atoms with Crippen LogP contribution in [0.5, 0.6) is 0 Å². The van der Waals surface area contributed by atoms with Crippen molar-refractivity contribution in [1.29, 1.82) is 0 Å². The van der Waals surface area contributed by atoms with Gasteiger partial charge in [-0.15, -0.1) is 0 Å². The molecule has 0 fully saturated rings. The Morgan fingerprint density at radius 1 is 0.943 bits per heavy atom. The molecule has 1 heterocycles. The molecule has 1 aliphatic rings. The van der Waals surface area contributed by atoms with E-state index in [1.54, 1.807) is 32.9 Å². The summed E-state index contributed by atoms with van der Waals surface area (Å²) in [5, 5.41) is 0. The minimum atomic E-state index is -4.71. The predicted octanol–water partition coefficient (Wildman–Crippen LogP) is 5.97. The summed E-state index contributed by atoms with van der Waals surface area (Å²) in [5.74, 6) is -4.14. The fourth-order valence-electron chi connectivity index (χ4n) is 4.09. The summed E-state index contributed by atoms with van der Waals surface area (Å²) in [5.41, 5.74) is -0.114. The van der Waals surface area contributed by atoms with Crippen LogP contribution in [0.3, 0.4) is 0 Å². The highest BCUT2D eigenvalue weighted by Crippen LogP contribution is 2.45. The summed E-state index contributed by atoms with van der Waals surface area (Å²) in [6, 6.07) is 14.1. The minimum Gasteiger partial charge on any atom is -0.465 e. The van der Waals surface area contributed by atoms with E-state index in [4.69, 9.17) is 9.47 Å². The maximum atomic E-state index is 14.0. The molecular weight excluding hydrogens is 459 g/mol. The van der Waals surface area contributed by atoms with Crippen molar-refractivity contribution in [2.75, 3.05) is 13.2 Å². The molecule has 0 radical (unpaired) electrons. The summed E-state index contributed by atoms with van der Waals surface area (Å²) in [4.78, 5) is 30.6. The maximum absolute atomic E-state index is 14.0. The Balaban J connectivity index is 2.31. The third-order valence-corrected chi connectivity index (χ3v) is 5.54. The van der Waals surface area contributed by atoms with Crippen molar-refractivity contribution in [2.45, 2.75) is 32.9 Å². The van der Waals surface area contributed by atoms with E-state index in [2.05, 4.69) is 4.99 Å². The van der Waals surface area contributed by atoms with Crippen LogP contribution < -0.4 is 0 Å². The number of rotatable bonds is 7. The summed E-state index contributed by atoms with van der Waals surface area (Å²) in [6.45, 7) is 4.76. The first-order valence-corrected chi connectivity index (χ1v) is 11.2. The molecule has 0 aromatic heterocycles. The Hall–Kier alpha value is -3.68. The topological polar surface area (TPSA) is 65.0 Å². The maximum Gasteiger partial charge on any atom is 0.416 e. The number of esters is 2. The van der Waals surface area contributed by atoms with E-state index in [0.717, 1.165) is 11.6 Å². The van der Waals surface area contributed by atoms with Gasteiger partial charge in [0.05, 0.1) is 30.0 Å². The molecule has 8 heteroatoms. The van der Waals surface area contributed by atoms with Gasteiger partial charge in [-0.05, 0) is 44.0 Å². The zero-order valence-electron chi connectivity index (χ0n) is 19.6. The molecule has 0 N–H and O–H groups in total. The van der Waals surface area contributed by atoms with Crippen LogP contribution in [0, 0.1) is 5.92 Å². The number of benzene rings is 2. The molecule has 2 aromatic rings. The second-order valence-electron chi connectivity index (χ2n) is 7.81. The van der Waals surface area contributed by atoms with Gasteiger partial charge in [-0.25, -0.2) is 4.79 Å². The Bertz CT molecular complexity index is 1170. The molecule has 2 unspecified atom stereocenters. The monoisotopic (exact) mass is 485 g/mol. The number of carbonyl (C=O) groups is 2. The van der Waals surface area contributed by atoms with Crippen LogP contribution in [-0.2, 0) is 25.2 Å². The van der Waals surface area contributed by atoms with Crippen molar-refractivity contribution in [1.82, 2.24) is 0 Å². The molecule has 2 aromatic carbocycles. The van der Waals surface area contributed by atoms with E-state index in [1.807, 2.05) is 30.3 Å². The zero-order chi connectivity index (χ0) is 25.6. The first kappa shape index (κ1) is 25.9. The van der Waals surface area contributed by atoms with Gasteiger partial charge in [0.15, 0.2) is 0 Å². The lowest BCUT2D eigenvalue weighted by atomic mass is 9.74. The van der Waals surface area contributed by atoms with Gasteiger partial charge in [-0.3, -0.25) is 9.79 Å². The first-order valence-electron chi connectivity index (χ1n) is 11.2. The van der Waals surface area contributed by atoms with E-state index < -0.39 is 35.5 Å². The number of ether oxygens (including phenoxy) is 2. The molecule has 0 amide bonds. The number of hydrogen-bond acceptors (Lipinski definition) is 5. The average Bonchev–Trinajstić information content (AvgIpc) is 2.82. The number of alkyl halides is 3. The smallest absolute Gasteiger partial charge is 0.416 e. The van der Waals surface area contributed by atoms with Crippen molar-refractivity contribution in [2.24, 2.45) is 10.9 Å². The van der Waals surface area contributed by atoms with Crippen LogP contribution in [0.2, 0.25) is 0 Å². The molecule has 0 aliphatic carbocycles. The molecule has 2 atom stereocenters. The lowest BCUT2D eigenvalue weighted by Gasteiger charge is -2.33. The van der Waals surface area contributed by atoms with Crippen molar-refractivity contribution in [3.05, 3.63) is 88.6 Å². The number of allylic oxidation sites excluding steroid dienone is 1. The summed E-state index contributed by atoms with van der Waals surface area (Å²) < 4.78 is 52.5. The Labute approximate surface area is 202 Å². The number of nitrogens with zero attached hydrogens (tertiary/aromatic N) is 1. The van der Waals surface area contributed by atoms with Gasteiger partial charge in [-0.2, -0.15) is 13.2 Å². The highest BCUT2D eigenvalue weighted by atomic mass is 19.4. The molecule has 3 rings (SSSR count). The van der Waals surface area contributed by atoms with Crippen molar-refractivity contribution < 1.29 is 32.2 Å². The fraction of sp³-hybridized carbons (Fsp3) is 0.296. The Morgan fingerprint density at radius 3 is 2.20 bits per heavy atom. The van der Waals surface area contributed by atoms with Crippen LogP contribution in [-0.4, -0.2) is 30.9 Å². The van der Waals surface area contributed by atoms with Crippen LogP contribution >= 0.6 is 0 Å². The van der Waals surface area contributed by atoms with Crippen molar-refractivity contribution in [3.8, 4) is 0 Å². The first-order chi connectivity index (χ1) is 16.7. The van der Waals surface area contributed by atoms with Crippen LogP contribution in [0.15, 0.2) is 76.9 Å². The van der Waals surface area contributed by atoms with Crippen LogP contribution in [0.25, 0.3) is 6.08 Å². The van der Waals surface area contributed by atoms with Gasteiger partial charge in [0.25, 0.3) is 0 Å². The van der Waals surface area contributed by atoms with Crippen LogP contribution in [0.1, 0.15) is 43.4 Å². The Kier molecular flexibility index (Phi) is 8.27. The quantitative estimate of drug-likeness (QED) is 0.453. The second kappa shape index (κ2) is 11.2. The largest absolute Gasteiger partial charge is 0.465 e. The second-order valence-corrected chi connectivity index (χ2v) is 7.81. The van der Waals surface area contributed by atoms with Crippen molar-refractivity contribution in [3.63, 3.8) is 0 Å². The SMILES string of the molecule is CCOC(=O)C1=C(C=Cc2ccccc2)N=C(C)C(C(=O)OCC)C1c1ccccc1C(F)(F)F. The molecular formula is C27H26F3NO4. The van der Waals surface area contributed by atoms with E-state index in [1.165, 1.54) is 18.2 Å². The standard InChI is InChI=1S/C27H26F3NO4/c1-4-34-25(32)22-17(3)31-21(16-15-18-11-7-6-8-12-18)24(26(33)35-5-2)23(22)19-13-9-10-14-20(19)27(28,29)30/h6-16,22-23H,4-5H2,1-3H3. The summed E-state index contributed by atoms with van der Waals surface area (Å²) >= 11 is 0. The summed E-state index contributed by atoms with van der Waals surface area (Å²) in [6.07, 6.45) is -1.46. The van der Waals surface area contributed by atoms with Gasteiger partial charge in [0.1, 0.15) is 5.92 Å². The number of hydrogen-bond donors (Lipinski definition) is 0. The highest BCUT2D eigenvalue weighted by molar-refractivity contribution is 6.07. The molecule has 0 saturated heterocycles. The molecule has 35 heavy (non-hydrogen) atoms.